The Hall–Kier alpha value is -1.65. The summed E-state index contributed by atoms with van der Waals surface area (Å²) >= 11 is 0. The largest absolute Gasteiger partial charge is 0.487 e. The highest BCUT2D eigenvalue weighted by molar-refractivity contribution is 5.46. The lowest BCUT2D eigenvalue weighted by molar-refractivity contribution is 0.414. The number of ether oxygens (including phenoxy) is 1. The number of anilines is 1. The average Bonchev–Trinajstić information content (AvgIpc) is 2.26. The van der Waals surface area contributed by atoms with Gasteiger partial charge in [-0.2, -0.15) is 0 Å². The van der Waals surface area contributed by atoms with Crippen LogP contribution in [0.3, 0.4) is 0 Å². The zero-order valence-corrected chi connectivity index (χ0v) is 8.68. The van der Waals surface area contributed by atoms with Crippen LogP contribution in [0.15, 0.2) is 11.2 Å². The molecule has 0 aromatic carbocycles. The van der Waals surface area contributed by atoms with E-state index in [1.54, 1.807) is 13.3 Å². The number of rotatable bonds is 2. The average molecular weight is 206 g/mol. The second-order valence-corrected chi connectivity index (χ2v) is 3.59. The molecule has 0 saturated heterocycles. The van der Waals surface area contributed by atoms with Crippen molar-refractivity contribution < 1.29 is 4.74 Å². The minimum atomic E-state index is 0.282. The second-order valence-electron chi connectivity index (χ2n) is 3.59. The van der Waals surface area contributed by atoms with Crippen molar-refractivity contribution in [3.05, 3.63) is 17.5 Å². The molecule has 0 fully saturated rings. The van der Waals surface area contributed by atoms with E-state index in [1.165, 1.54) is 6.40 Å². The summed E-state index contributed by atoms with van der Waals surface area (Å²) in [5.74, 6) is 0.354. The van der Waals surface area contributed by atoms with Gasteiger partial charge < -0.3 is 10.5 Å². The first kappa shape index (κ1) is 9.89. The van der Waals surface area contributed by atoms with Gasteiger partial charge in [-0.3, -0.25) is 4.99 Å². The van der Waals surface area contributed by atoms with Gasteiger partial charge in [0.1, 0.15) is 0 Å². The van der Waals surface area contributed by atoms with Gasteiger partial charge in [-0.1, -0.05) is 0 Å². The van der Waals surface area contributed by atoms with Crippen LogP contribution in [0.4, 0.5) is 5.95 Å². The molecule has 1 atom stereocenters. The van der Waals surface area contributed by atoms with E-state index in [2.05, 4.69) is 15.0 Å². The van der Waals surface area contributed by atoms with Gasteiger partial charge in [0.2, 0.25) is 5.95 Å². The maximum Gasteiger partial charge on any atom is 0.220 e. The van der Waals surface area contributed by atoms with Gasteiger partial charge in [0, 0.05) is 11.9 Å². The van der Waals surface area contributed by atoms with Gasteiger partial charge in [-0.15, -0.1) is 0 Å². The Kier molecular flexibility index (Phi) is 2.80. The van der Waals surface area contributed by atoms with Gasteiger partial charge in [0.15, 0.2) is 6.40 Å². The van der Waals surface area contributed by atoms with Crippen LogP contribution in [-0.2, 0) is 17.6 Å². The number of fused-ring (bicyclic) bond motifs is 1. The first-order valence-electron chi connectivity index (χ1n) is 4.94. The third-order valence-electron chi connectivity index (χ3n) is 2.52. The molecule has 0 radical (unpaired) electrons. The minimum absolute atomic E-state index is 0.282. The van der Waals surface area contributed by atoms with Crippen LogP contribution in [0.2, 0.25) is 0 Å². The third-order valence-corrected chi connectivity index (χ3v) is 2.52. The summed E-state index contributed by atoms with van der Waals surface area (Å²) in [7, 11) is 1.60. The lowest BCUT2D eigenvalue weighted by Gasteiger charge is -2.19. The minimum Gasteiger partial charge on any atom is -0.487 e. The van der Waals surface area contributed by atoms with Crippen molar-refractivity contribution >= 4 is 12.3 Å². The predicted octanol–water partition coefficient (Wildman–Crippen LogP) is 0.591. The Labute approximate surface area is 88.4 Å². The molecule has 1 unspecified atom stereocenters. The number of nitrogen functional groups attached to an aromatic ring is 1. The van der Waals surface area contributed by atoms with Crippen molar-refractivity contribution in [3.63, 3.8) is 0 Å². The number of nitrogens with two attached hydrogens (primary N) is 1. The summed E-state index contributed by atoms with van der Waals surface area (Å²) in [6.45, 7) is 0. The fraction of sp³-hybridized carbons (Fsp3) is 0.500. The van der Waals surface area contributed by atoms with Gasteiger partial charge in [0.25, 0.3) is 0 Å². The summed E-state index contributed by atoms with van der Waals surface area (Å²) < 4.78 is 4.81. The van der Waals surface area contributed by atoms with Crippen molar-refractivity contribution in [1.82, 2.24) is 9.97 Å². The summed E-state index contributed by atoms with van der Waals surface area (Å²) in [5, 5.41) is 0. The number of nitrogens with zero attached hydrogens (tertiary/aromatic N) is 3. The van der Waals surface area contributed by atoms with Gasteiger partial charge in [-0.05, 0) is 24.8 Å². The van der Waals surface area contributed by atoms with Crippen molar-refractivity contribution in [2.24, 2.45) is 4.99 Å². The fourth-order valence-corrected chi connectivity index (χ4v) is 1.78. The Balaban J connectivity index is 2.13. The van der Waals surface area contributed by atoms with Crippen molar-refractivity contribution in [3.8, 4) is 0 Å². The van der Waals surface area contributed by atoms with E-state index in [9.17, 15) is 0 Å². The predicted molar refractivity (Wildman–Crippen MR) is 57.8 cm³/mol. The van der Waals surface area contributed by atoms with E-state index in [1.807, 2.05) is 0 Å². The smallest absolute Gasteiger partial charge is 0.220 e. The van der Waals surface area contributed by atoms with Crippen molar-refractivity contribution in [2.45, 2.75) is 25.3 Å². The van der Waals surface area contributed by atoms with E-state index in [-0.39, 0.29) is 6.04 Å². The lowest BCUT2D eigenvalue weighted by Crippen LogP contribution is -2.19. The van der Waals surface area contributed by atoms with Gasteiger partial charge >= 0.3 is 0 Å². The molecular formula is C10H14N4O. The molecule has 0 saturated carbocycles. The number of hydrogen-bond donors (Lipinski definition) is 1. The normalized spacial score (nSPS) is 20.2. The van der Waals surface area contributed by atoms with E-state index >= 15 is 0 Å². The fourth-order valence-electron chi connectivity index (χ4n) is 1.78. The zero-order chi connectivity index (χ0) is 10.7. The molecule has 0 aliphatic heterocycles. The number of aryl methyl sites for hydroxylation is 1. The van der Waals surface area contributed by atoms with Crippen LogP contribution in [0.5, 0.6) is 0 Å². The molecule has 2 N–H and O–H groups in total. The standard InChI is InChI=1S/C10H14N4O/c1-15-6-13-8-2-3-9-7(4-8)5-12-10(11)14-9/h5-6,8H,2-4H2,1H3,(H2,11,12,14). The molecule has 2 rings (SSSR count). The molecule has 1 aliphatic rings. The highest BCUT2D eigenvalue weighted by atomic mass is 16.5. The van der Waals surface area contributed by atoms with Crippen LogP contribution < -0.4 is 5.73 Å². The van der Waals surface area contributed by atoms with Gasteiger partial charge in [0.05, 0.1) is 13.2 Å². The van der Waals surface area contributed by atoms with Crippen molar-refractivity contribution in [2.75, 3.05) is 12.8 Å². The van der Waals surface area contributed by atoms with Gasteiger partial charge in [-0.25, -0.2) is 9.97 Å². The van der Waals surface area contributed by atoms with Crippen LogP contribution in [0.25, 0.3) is 0 Å². The Morgan fingerprint density at radius 3 is 3.33 bits per heavy atom. The lowest BCUT2D eigenvalue weighted by atomic mass is 9.93. The molecule has 15 heavy (non-hydrogen) atoms. The highest BCUT2D eigenvalue weighted by Gasteiger charge is 2.19. The number of aliphatic imine (C=N–C) groups is 1. The number of methoxy groups -OCH3 is 1. The molecule has 0 bridgehead atoms. The summed E-state index contributed by atoms with van der Waals surface area (Å²) in [6, 6.07) is 0.282. The van der Waals surface area contributed by atoms with E-state index < -0.39 is 0 Å². The summed E-state index contributed by atoms with van der Waals surface area (Å²) in [5.41, 5.74) is 7.73. The Morgan fingerprint density at radius 1 is 1.67 bits per heavy atom. The Morgan fingerprint density at radius 2 is 2.53 bits per heavy atom. The zero-order valence-electron chi connectivity index (χ0n) is 8.68. The van der Waals surface area contributed by atoms with E-state index in [0.717, 1.165) is 30.5 Å². The van der Waals surface area contributed by atoms with Crippen LogP contribution >= 0.6 is 0 Å². The second kappa shape index (κ2) is 4.25. The first-order valence-corrected chi connectivity index (χ1v) is 4.94. The third kappa shape index (κ3) is 2.23. The molecule has 0 amide bonds. The summed E-state index contributed by atoms with van der Waals surface area (Å²) in [6.07, 6.45) is 6.06. The monoisotopic (exact) mass is 206 g/mol. The molecule has 1 heterocycles. The van der Waals surface area contributed by atoms with Crippen LogP contribution in [0.1, 0.15) is 17.7 Å². The molecule has 80 valence electrons. The molecule has 0 spiro atoms. The molecular weight excluding hydrogens is 192 g/mol. The van der Waals surface area contributed by atoms with Crippen molar-refractivity contribution in [1.29, 1.82) is 0 Å². The molecule has 1 aromatic heterocycles. The molecule has 1 aliphatic carbocycles. The maximum atomic E-state index is 5.52. The van der Waals surface area contributed by atoms with E-state index in [0.29, 0.717) is 5.95 Å². The first-order chi connectivity index (χ1) is 7.29. The van der Waals surface area contributed by atoms with Crippen LogP contribution in [-0.4, -0.2) is 29.5 Å². The van der Waals surface area contributed by atoms with Crippen LogP contribution in [0, 0.1) is 0 Å². The number of hydrogen-bond acceptors (Lipinski definition) is 5. The quantitative estimate of drug-likeness (QED) is 0.567. The number of aromatic nitrogens is 2. The highest BCUT2D eigenvalue weighted by Crippen LogP contribution is 2.21. The maximum absolute atomic E-state index is 5.52. The topological polar surface area (TPSA) is 73.4 Å². The van der Waals surface area contributed by atoms with E-state index in [4.69, 9.17) is 10.5 Å². The Bertz CT molecular complexity index is 378. The SMILES string of the molecule is COC=NC1CCc2nc(N)ncc2C1. The molecule has 5 nitrogen and oxygen atoms in total. The summed E-state index contributed by atoms with van der Waals surface area (Å²) in [4.78, 5) is 12.5. The molecule has 1 aromatic rings. The molecule has 5 heteroatoms.